The van der Waals surface area contributed by atoms with Gasteiger partial charge >= 0.3 is 0 Å². The lowest BCUT2D eigenvalue weighted by Gasteiger charge is -2.35. The molecule has 1 aliphatic heterocycles. The Kier molecular flexibility index (Phi) is 4.17. The van der Waals surface area contributed by atoms with Gasteiger partial charge in [-0.3, -0.25) is 4.79 Å². The Balaban J connectivity index is 2.21. The van der Waals surface area contributed by atoms with Crippen molar-refractivity contribution in [3.63, 3.8) is 0 Å². The second-order valence-electron chi connectivity index (χ2n) is 4.38. The number of nitrogens with zero attached hydrogens (tertiary/aromatic N) is 1. The van der Waals surface area contributed by atoms with Crippen LogP contribution in [0.2, 0.25) is 0 Å². The zero-order valence-electron chi connectivity index (χ0n) is 10.2. The second kappa shape index (κ2) is 5.84. The largest absolute Gasteiger partial charge is 0.508 e. The highest BCUT2D eigenvalue weighted by Crippen LogP contribution is 2.25. The quantitative estimate of drug-likeness (QED) is 0.831. The summed E-state index contributed by atoms with van der Waals surface area (Å²) in [4.78, 5) is 13.7. The molecule has 0 aliphatic carbocycles. The van der Waals surface area contributed by atoms with Gasteiger partial charge in [0.05, 0.1) is 12.6 Å². The lowest BCUT2D eigenvalue weighted by Crippen LogP contribution is -2.49. The van der Waals surface area contributed by atoms with Crippen molar-refractivity contribution >= 4 is 11.6 Å². The zero-order valence-corrected chi connectivity index (χ0v) is 10.2. The molecule has 3 N–H and O–H groups in total. The van der Waals surface area contributed by atoms with Crippen molar-refractivity contribution in [1.82, 2.24) is 0 Å². The van der Waals surface area contributed by atoms with Crippen molar-refractivity contribution in [2.75, 3.05) is 24.7 Å². The van der Waals surface area contributed by atoms with Crippen LogP contribution < -0.4 is 10.6 Å². The van der Waals surface area contributed by atoms with Crippen molar-refractivity contribution in [1.29, 1.82) is 0 Å². The molecule has 1 atom stereocenters. The van der Waals surface area contributed by atoms with Gasteiger partial charge in [-0.2, -0.15) is 0 Å². The van der Waals surface area contributed by atoms with E-state index in [-0.39, 0.29) is 24.3 Å². The number of morpholine rings is 1. The third-order valence-corrected chi connectivity index (χ3v) is 3.02. The Hall–Kier alpha value is -1.59. The maximum absolute atomic E-state index is 12.0. The van der Waals surface area contributed by atoms with E-state index in [9.17, 15) is 9.90 Å². The first-order valence-corrected chi connectivity index (χ1v) is 6.11. The fourth-order valence-electron chi connectivity index (χ4n) is 2.19. The molecule has 18 heavy (non-hydrogen) atoms. The molecule has 1 aliphatic rings. The van der Waals surface area contributed by atoms with E-state index in [4.69, 9.17) is 10.5 Å². The smallest absolute Gasteiger partial charge is 0.253 e. The molecule has 1 aromatic rings. The molecule has 0 spiro atoms. The van der Waals surface area contributed by atoms with E-state index in [0.717, 1.165) is 12.8 Å². The summed E-state index contributed by atoms with van der Waals surface area (Å²) in [5, 5.41) is 9.50. The van der Waals surface area contributed by atoms with Crippen LogP contribution in [0.3, 0.4) is 0 Å². The van der Waals surface area contributed by atoms with Gasteiger partial charge in [0, 0.05) is 11.8 Å². The molecule has 0 saturated carbocycles. The maximum atomic E-state index is 12.0. The van der Waals surface area contributed by atoms with E-state index in [0.29, 0.717) is 18.8 Å². The standard InChI is InChI=1S/C13H18N2O3/c14-6-2-4-11-8-18-9-13(17)15(11)10-3-1-5-12(16)7-10/h1,3,5,7,11,16H,2,4,6,8-9,14H2. The van der Waals surface area contributed by atoms with Crippen molar-refractivity contribution in [3.8, 4) is 5.75 Å². The van der Waals surface area contributed by atoms with Crippen LogP contribution in [0.25, 0.3) is 0 Å². The molecule has 1 unspecified atom stereocenters. The monoisotopic (exact) mass is 250 g/mol. The van der Waals surface area contributed by atoms with Crippen LogP contribution in [0.4, 0.5) is 5.69 Å². The van der Waals surface area contributed by atoms with E-state index < -0.39 is 0 Å². The Bertz CT molecular complexity index is 422. The van der Waals surface area contributed by atoms with E-state index in [1.165, 1.54) is 0 Å². The highest BCUT2D eigenvalue weighted by molar-refractivity contribution is 5.95. The van der Waals surface area contributed by atoms with Gasteiger partial charge in [-0.05, 0) is 31.5 Å². The molecule has 2 rings (SSSR count). The number of phenolic OH excluding ortho intramolecular Hbond substituents is 1. The lowest BCUT2D eigenvalue weighted by molar-refractivity contribution is -0.127. The lowest BCUT2D eigenvalue weighted by atomic mass is 10.1. The molecular formula is C13H18N2O3. The van der Waals surface area contributed by atoms with Crippen LogP contribution >= 0.6 is 0 Å². The number of hydrogen-bond donors (Lipinski definition) is 2. The number of anilines is 1. The first-order chi connectivity index (χ1) is 8.72. The third kappa shape index (κ3) is 2.80. The molecule has 0 aromatic heterocycles. The molecule has 1 aromatic carbocycles. The molecular weight excluding hydrogens is 232 g/mol. The molecule has 0 radical (unpaired) electrons. The number of amides is 1. The van der Waals surface area contributed by atoms with Crippen molar-refractivity contribution < 1.29 is 14.6 Å². The SMILES string of the molecule is NCCCC1COCC(=O)N1c1cccc(O)c1. The number of nitrogens with two attached hydrogens (primary N) is 1. The molecule has 1 heterocycles. The Morgan fingerprint density at radius 2 is 2.33 bits per heavy atom. The average Bonchev–Trinajstić information content (AvgIpc) is 2.36. The Labute approximate surface area is 106 Å². The summed E-state index contributed by atoms with van der Waals surface area (Å²) in [6, 6.07) is 6.73. The number of aromatic hydroxyl groups is 1. The van der Waals surface area contributed by atoms with E-state index in [1.807, 2.05) is 6.07 Å². The summed E-state index contributed by atoms with van der Waals surface area (Å²) < 4.78 is 5.28. The van der Waals surface area contributed by atoms with Crippen LogP contribution in [0.1, 0.15) is 12.8 Å². The molecule has 5 heteroatoms. The topological polar surface area (TPSA) is 75.8 Å². The highest BCUT2D eigenvalue weighted by Gasteiger charge is 2.29. The van der Waals surface area contributed by atoms with E-state index in [2.05, 4.69) is 0 Å². The molecule has 98 valence electrons. The minimum absolute atomic E-state index is 0.00315. The van der Waals surface area contributed by atoms with Gasteiger partial charge < -0.3 is 20.5 Å². The predicted octanol–water partition coefficient (Wildman–Crippen LogP) is 0.863. The maximum Gasteiger partial charge on any atom is 0.253 e. The van der Waals surface area contributed by atoms with Crippen molar-refractivity contribution in [2.24, 2.45) is 5.73 Å². The number of rotatable bonds is 4. The van der Waals surface area contributed by atoms with Crippen molar-refractivity contribution in [2.45, 2.75) is 18.9 Å². The normalized spacial score (nSPS) is 20.2. The van der Waals surface area contributed by atoms with Gasteiger partial charge in [-0.1, -0.05) is 6.07 Å². The van der Waals surface area contributed by atoms with Gasteiger partial charge in [0.25, 0.3) is 5.91 Å². The second-order valence-corrected chi connectivity index (χ2v) is 4.38. The molecule has 1 amide bonds. The minimum atomic E-state index is -0.0751. The van der Waals surface area contributed by atoms with Gasteiger partial charge in [-0.25, -0.2) is 0 Å². The number of hydrogen-bond acceptors (Lipinski definition) is 4. The van der Waals surface area contributed by atoms with Crippen LogP contribution in [-0.2, 0) is 9.53 Å². The number of phenols is 1. The zero-order chi connectivity index (χ0) is 13.0. The Morgan fingerprint density at radius 3 is 3.06 bits per heavy atom. The fourth-order valence-corrected chi connectivity index (χ4v) is 2.19. The molecule has 0 bridgehead atoms. The van der Waals surface area contributed by atoms with Gasteiger partial charge in [0.2, 0.25) is 0 Å². The summed E-state index contributed by atoms with van der Waals surface area (Å²) >= 11 is 0. The molecule has 5 nitrogen and oxygen atoms in total. The summed E-state index contributed by atoms with van der Waals surface area (Å²) in [5.41, 5.74) is 6.22. The number of ether oxygens (including phenoxy) is 1. The fraction of sp³-hybridized carbons (Fsp3) is 0.462. The summed E-state index contributed by atoms with van der Waals surface area (Å²) in [5.74, 6) is 0.0817. The molecule has 1 saturated heterocycles. The van der Waals surface area contributed by atoms with Gasteiger partial charge in [0.1, 0.15) is 12.4 Å². The first-order valence-electron chi connectivity index (χ1n) is 6.11. The van der Waals surface area contributed by atoms with E-state index >= 15 is 0 Å². The van der Waals surface area contributed by atoms with E-state index in [1.54, 1.807) is 23.1 Å². The first kappa shape index (κ1) is 12.9. The van der Waals surface area contributed by atoms with Crippen LogP contribution in [-0.4, -0.2) is 36.8 Å². The minimum Gasteiger partial charge on any atom is -0.508 e. The summed E-state index contributed by atoms with van der Waals surface area (Å²) in [6.07, 6.45) is 1.65. The van der Waals surface area contributed by atoms with Crippen molar-refractivity contribution in [3.05, 3.63) is 24.3 Å². The summed E-state index contributed by atoms with van der Waals surface area (Å²) in [7, 11) is 0. The Morgan fingerprint density at radius 1 is 1.50 bits per heavy atom. The number of benzene rings is 1. The van der Waals surface area contributed by atoms with Gasteiger partial charge in [-0.15, -0.1) is 0 Å². The third-order valence-electron chi connectivity index (χ3n) is 3.02. The average molecular weight is 250 g/mol. The predicted molar refractivity (Wildman–Crippen MR) is 68.5 cm³/mol. The number of carbonyl (C=O) groups excluding carboxylic acids is 1. The van der Waals surface area contributed by atoms with Crippen LogP contribution in [0.15, 0.2) is 24.3 Å². The van der Waals surface area contributed by atoms with Crippen LogP contribution in [0, 0.1) is 0 Å². The highest BCUT2D eigenvalue weighted by atomic mass is 16.5. The molecule has 1 fully saturated rings. The van der Waals surface area contributed by atoms with Gasteiger partial charge in [0.15, 0.2) is 0 Å². The van der Waals surface area contributed by atoms with Crippen LogP contribution in [0.5, 0.6) is 5.75 Å². The number of carbonyl (C=O) groups is 1. The summed E-state index contributed by atoms with van der Waals surface area (Å²) in [6.45, 7) is 1.20.